The minimum absolute atomic E-state index is 0.0541. The quantitative estimate of drug-likeness (QED) is 0.220. The highest BCUT2D eigenvalue weighted by Crippen LogP contribution is 1.92. The highest BCUT2D eigenvalue weighted by atomic mass is 16.5. The summed E-state index contributed by atoms with van der Waals surface area (Å²) in [5.41, 5.74) is 13.3. The van der Waals surface area contributed by atoms with Crippen molar-refractivity contribution in [1.29, 1.82) is 0 Å². The lowest BCUT2D eigenvalue weighted by Crippen LogP contribution is -2.35. The van der Waals surface area contributed by atoms with E-state index in [4.69, 9.17) is 16.0 Å². The van der Waals surface area contributed by atoms with Gasteiger partial charge in [0.05, 0.1) is 13.2 Å². The standard InChI is InChI=1S/C7H14N4O2/c1-2-3-4-13-7(12)6(8)5-10-11-9/h6H,2-5,8H2,1H3. The Kier molecular flexibility index (Phi) is 6.68. The SMILES string of the molecule is CCCCOC(=O)C(N)CN=[N+]=[N-]. The maximum Gasteiger partial charge on any atom is 0.323 e. The molecular formula is C7H14N4O2. The summed E-state index contributed by atoms with van der Waals surface area (Å²) < 4.78 is 4.79. The van der Waals surface area contributed by atoms with Gasteiger partial charge in [0.15, 0.2) is 0 Å². The number of azide groups is 1. The fourth-order valence-electron chi connectivity index (χ4n) is 0.623. The molecule has 0 aliphatic heterocycles. The average molecular weight is 186 g/mol. The fraction of sp³-hybridized carbons (Fsp3) is 0.857. The Bertz CT molecular complexity index is 201. The molecule has 0 saturated carbocycles. The number of esters is 1. The number of rotatable bonds is 6. The number of carbonyl (C=O) groups is 1. The van der Waals surface area contributed by atoms with Gasteiger partial charge in [0.25, 0.3) is 0 Å². The topological polar surface area (TPSA) is 101 Å². The van der Waals surface area contributed by atoms with E-state index in [9.17, 15) is 4.79 Å². The van der Waals surface area contributed by atoms with Crippen molar-refractivity contribution in [3.8, 4) is 0 Å². The molecule has 0 aliphatic carbocycles. The maximum atomic E-state index is 11.0. The normalized spacial score (nSPS) is 11.5. The zero-order chi connectivity index (χ0) is 10.1. The van der Waals surface area contributed by atoms with Crippen LogP contribution in [0.1, 0.15) is 19.8 Å². The van der Waals surface area contributed by atoms with Gasteiger partial charge in [-0.1, -0.05) is 18.5 Å². The van der Waals surface area contributed by atoms with E-state index < -0.39 is 12.0 Å². The van der Waals surface area contributed by atoms with Crippen molar-refractivity contribution in [2.24, 2.45) is 10.8 Å². The van der Waals surface area contributed by atoms with E-state index in [1.807, 2.05) is 6.92 Å². The molecule has 0 fully saturated rings. The summed E-state index contributed by atoms with van der Waals surface area (Å²) in [5, 5.41) is 3.18. The number of hydrogen-bond acceptors (Lipinski definition) is 4. The van der Waals surface area contributed by atoms with Crippen LogP contribution in [0.5, 0.6) is 0 Å². The Morgan fingerprint density at radius 2 is 2.46 bits per heavy atom. The second-order valence-corrected chi connectivity index (χ2v) is 2.54. The van der Waals surface area contributed by atoms with Crippen LogP contribution in [0.25, 0.3) is 10.4 Å². The van der Waals surface area contributed by atoms with Gasteiger partial charge in [0.2, 0.25) is 0 Å². The van der Waals surface area contributed by atoms with Crippen LogP contribution in [0.2, 0.25) is 0 Å². The molecule has 6 nitrogen and oxygen atoms in total. The predicted octanol–water partition coefficient (Wildman–Crippen LogP) is 0.967. The van der Waals surface area contributed by atoms with E-state index >= 15 is 0 Å². The summed E-state index contributed by atoms with van der Waals surface area (Å²) in [6.45, 7) is 2.31. The van der Waals surface area contributed by atoms with Crippen LogP contribution in [-0.2, 0) is 9.53 Å². The summed E-state index contributed by atoms with van der Waals surface area (Å²) in [6, 6.07) is -0.840. The summed E-state index contributed by atoms with van der Waals surface area (Å²) in [6.07, 6.45) is 1.78. The average Bonchev–Trinajstić information content (AvgIpc) is 2.14. The summed E-state index contributed by atoms with van der Waals surface area (Å²) >= 11 is 0. The molecule has 13 heavy (non-hydrogen) atoms. The summed E-state index contributed by atoms with van der Waals surface area (Å²) in [5.74, 6) is -0.513. The van der Waals surface area contributed by atoms with Crippen molar-refractivity contribution >= 4 is 5.97 Å². The molecule has 74 valence electrons. The van der Waals surface area contributed by atoms with E-state index in [2.05, 4.69) is 10.0 Å². The van der Waals surface area contributed by atoms with Crippen LogP contribution >= 0.6 is 0 Å². The second-order valence-electron chi connectivity index (χ2n) is 2.54. The van der Waals surface area contributed by atoms with Crippen molar-refractivity contribution in [2.75, 3.05) is 13.2 Å². The Labute approximate surface area is 76.7 Å². The van der Waals surface area contributed by atoms with Gasteiger partial charge in [-0.05, 0) is 12.0 Å². The molecule has 0 aromatic heterocycles. The lowest BCUT2D eigenvalue weighted by atomic mass is 10.3. The molecule has 1 atom stereocenters. The molecule has 2 N–H and O–H groups in total. The molecule has 0 radical (unpaired) electrons. The lowest BCUT2D eigenvalue weighted by Gasteiger charge is -2.07. The van der Waals surface area contributed by atoms with Crippen LogP contribution in [0, 0.1) is 0 Å². The zero-order valence-electron chi connectivity index (χ0n) is 7.64. The van der Waals surface area contributed by atoms with Gasteiger partial charge in [-0.25, -0.2) is 0 Å². The number of nitrogens with zero attached hydrogens (tertiary/aromatic N) is 3. The van der Waals surface area contributed by atoms with Crippen molar-refractivity contribution in [2.45, 2.75) is 25.8 Å². The van der Waals surface area contributed by atoms with Gasteiger partial charge in [0, 0.05) is 4.91 Å². The van der Waals surface area contributed by atoms with Crippen molar-refractivity contribution in [1.82, 2.24) is 0 Å². The number of nitrogens with two attached hydrogens (primary N) is 1. The van der Waals surface area contributed by atoms with Gasteiger partial charge in [-0.2, -0.15) is 0 Å². The van der Waals surface area contributed by atoms with Gasteiger partial charge >= 0.3 is 5.97 Å². The third-order valence-electron chi connectivity index (χ3n) is 1.39. The third kappa shape index (κ3) is 5.95. The fourth-order valence-corrected chi connectivity index (χ4v) is 0.623. The molecule has 0 saturated heterocycles. The Balaban J connectivity index is 3.62. The van der Waals surface area contributed by atoms with Crippen molar-refractivity contribution in [3.05, 3.63) is 10.4 Å². The predicted molar refractivity (Wildman–Crippen MR) is 47.9 cm³/mol. The molecule has 0 amide bonds. The number of unbranched alkanes of at least 4 members (excludes halogenated alkanes) is 1. The number of hydrogen-bond donors (Lipinski definition) is 1. The van der Waals surface area contributed by atoms with Crippen LogP contribution in [0.15, 0.2) is 5.11 Å². The number of ether oxygens (including phenoxy) is 1. The molecule has 0 bridgehead atoms. The van der Waals surface area contributed by atoms with Crippen LogP contribution in [0.3, 0.4) is 0 Å². The maximum absolute atomic E-state index is 11.0. The van der Waals surface area contributed by atoms with Gasteiger partial charge < -0.3 is 10.5 Å². The van der Waals surface area contributed by atoms with Gasteiger partial charge in [0.1, 0.15) is 6.04 Å². The smallest absolute Gasteiger partial charge is 0.323 e. The highest BCUT2D eigenvalue weighted by Gasteiger charge is 2.12. The van der Waals surface area contributed by atoms with E-state index in [1.165, 1.54) is 0 Å². The Hall–Kier alpha value is -1.26. The lowest BCUT2D eigenvalue weighted by molar-refractivity contribution is -0.145. The molecule has 0 aromatic carbocycles. The zero-order valence-corrected chi connectivity index (χ0v) is 7.64. The third-order valence-corrected chi connectivity index (χ3v) is 1.39. The minimum Gasteiger partial charge on any atom is -0.465 e. The van der Waals surface area contributed by atoms with E-state index in [-0.39, 0.29) is 6.54 Å². The molecule has 6 heteroatoms. The van der Waals surface area contributed by atoms with E-state index in [0.717, 1.165) is 12.8 Å². The van der Waals surface area contributed by atoms with Crippen LogP contribution < -0.4 is 5.73 Å². The molecule has 1 unspecified atom stereocenters. The summed E-state index contributed by atoms with van der Waals surface area (Å²) in [4.78, 5) is 13.5. The number of carbonyl (C=O) groups excluding carboxylic acids is 1. The molecule has 0 aromatic rings. The first-order valence-electron chi connectivity index (χ1n) is 4.15. The molecular weight excluding hydrogens is 172 g/mol. The second kappa shape index (κ2) is 7.39. The van der Waals surface area contributed by atoms with Gasteiger partial charge in [-0.3, -0.25) is 4.79 Å². The molecule has 0 aliphatic rings. The largest absolute Gasteiger partial charge is 0.465 e. The Morgan fingerprint density at radius 3 is 3.00 bits per heavy atom. The molecule has 0 heterocycles. The first kappa shape index (κ1) is 11.7. The Morgan fingerprint density at radius 1 is 1.77 bits per heavy atom. The minimum atomic E-state index is -0.840. The van der Waals surface area contributed by atoms with E-state index in [0.29, 0.717) is 6.61 Å². The first-order valence-corrected chi connectivity index (χ1v) is 4.15. The van der Waals surface area contributed by atoms with Crippen LogP contribution in [0.4, 0.5) is 0 Å². The first-order chi connectivity index (χ1) is 6.22. The molecule has 0 spiro atoms. The summed E-state index contributed by atoms with van der Waals surface area (Å²) in [7, 11) is 0. The van der Waals surface area contributed by atoms with Crippen LogP contribution in [-0.4, -0.2) is 25.2 Å². The molecule has 0 rings (SSSR count). The highest BCUT2D eigenvalue weighted by molar-refractivity contribution is 5.75. The van der Waals surface area contributed by atoms with Crippen molar-refractivity contribution in [3.63, 3.8) is 0 Å². The monoisotopic (exact) mass is 186 g/mol. The van der Waals surface area contributed by atoms with Crippen molar-refractivity contribution < 1.29 is 9.53 Å². The van der Waals surface area contributed by atoms with E-state index in [1.54, 1.807) is 0 Å². The van der Waals surface area contributed by atoms with Gasteiger partial charge in [-0.15, -0.1) is 0 Å².